The minimum absolute atomic E-state index is 0.00391. The Hall–Kier alpha value is -2.32. The number of fused-ring (bicyclic) bond motifs is 1. The van der Waals surface area contributed by atoms with E-state index in [-0.39, 0.29) is 18.2 Å². The fourth-order valence-electron chi connectivity index (χ4n) is 3.81. The number of nitrogens with zero attached hydrogens (tertiary/aromatic N) is 2. The van der Waals surface area contributed by atoms with Crippen molar-refractivity contribution in [2.24, 2.45) is 0 Å². The molecular weight excluding hydrogens is 418 g/mol. The summed E-state index contributed by atoms with van der Waals surface area (Å²) in [5, 5.41) is 3.61. The molecule has 0 bridgehead atoms. The van der Waals surface area contributed by atoms with Crippen molar-refractivity contribution < 1.29 is 13.2 Å². The van der Waals surface area contributed by atoms with Crippen LogP contribution >= 0.6 is 11.8 Å². The number of imidazole rings is 1. The zero-order valence-electron chi connectivity index (χ0n) is 16.9. The third-order valence-corrected chi connectivity index (χ3v) is 7.30. The number of thioether (sulfide) groups is 1. The standard InChI is InChI=1S/C22H25N3O3S2/c1-30(27,28)15-21-24-19-8-4-5-9-20(19)25(21)14-22(26)23-16-10-12-18(13-11-16)29-17-6-2-3-7-17/h4-5,8-13,17H,2-3,6-7,14-15H2,1H3,(H,23,26). The number of anilines is 1. The largest absolute Gasteiger partial charge is 0.325 e. The molecule has 158 valence electrons. The summed E-state index contributed by atoms with van der Waals surface area (Å²) in [4.78, 5) is 18.3. The summed E-state index contributed by atoms with van der Waals surface area (Å²) in [6, 6.07) is 15.3. The lowest BCUT2D eigenvalue weighted by Crippen LogP contribution is -2.21. The van der Waals surface area contributed by atoms with Gasteiger partial charge in [0.1, 0.15) is 18.1 Å². The summed E-state index contributed by atoms with van der Waals surface area (Å²) in [6.07, 6.45) is 6.35. The SMILES string of the molecule is CS(=O)(=O)Cc1nc2ccccc2n1CC(=O)Nc1ccc(SC2CCCC2)cc1. The topological polar surface area (TPSA) is 81.1 Å². The van der Waals surface area contributed by atoms with Gasteiger partial charge in [-0.2, -0.15) is 0 Å². The van der Waals surface area contributed by atoms with Crippen LogP contribution < -0.4 is 5.32 Å². The molecule has 0 spiro atoms. The highest BCUT2D eigenvalue weighted by molar-refractivity contribution is 8.00. The number of rotatable bonds is 7. The second kappa shape index (κ2) is 8.81. The number of carbonyl (C=O) groups is 1. The zero-order valence-corrected chi connectivity index (χ0v) is 18.5. The number of amides is 1. The van der Waals surface area contributed by atoms with Crippen LogP contribution in [0, 0.1) is 0 Å². The second-order valence-electron chi connectivity index (χ2n) is 7.77. The summed E-state index contributed by atoms with van der Waals surface area (Å²) in [7, 11) is -3.27. The Balaban J connectivity index is 1.47. The lowest BCUT2D eigenvalue weighted by Gasteiger charge is -2.11. The van der Waals surface area contributed by atoms with Crippen molar-refractivity contribution in [3.63, 3.8) is 0 Å². The van der Waals surface area contributed by atoms with Crippen LogP contribution in [0.3, 0.4) is 0 Å². The second-order valence-corrected chi connectivity index (χ2v) is 11.3. The number of hydrogen-bond donors (Lipinski definition) is 1. The third-order valence-electron chi connectivity index (χ3n) is 5.17. The monoisotopic (exact) mass is 443 g/mol. The normalized spacial score (nSPS) is 15.0. The molecule has 1 fully saturated rings. The number of sulfone groups is 1. The molecule has 2 aromatic carbocycles. The number of carbonyl (C=O) groups excluding carboxylic acids is 1. The average Bonchev–Trinajstić information content (AvgIpc) is 3.31. The highest BCUT2D eigenvalue weighted by atomic mass is 32.2. The molecule has 1 saturated carbocycles. The highest BCUT2D eigenvalue weighted by Gasteiger charge is 2.18. The van der Waals surface area contributed by atoms with Gasteiger partial charge in [-0.05, 0) is 49.2 Å². The van der Waals surface area contributed by atoms with Crippen molar-refractivity contribution in [2.45, 2.75) is 48.1 Å². The molecule has 6 nitrogen and oxygen atoms in total. The van der Waals surface area contributed by atoms with Crippen LogP contribution in [0.2, 0.25) is 0 Å². The Morgan fingerprint density at radius 1 is 1.13 bits per heavy atom. The van der Waals surface area contributed by atoms with E-state index in [1.54, 1.807) is 4.57 Å². The fourth-order valence-corrected chi connectivity index (χ4v) is 5.74. The van der Waals surface area contributed by atoms with Crippen LogP contribution in [0.1, 0.15) is 31.5 Å². The molecule has 0 atom stereocenters. The Labute approximate surface area is 181 Å². The van der Waals surface area contributed by atoms with Crippen LogP contribution in [0.25, 0.3) is 11.0 Å². The Bertz CT molecular complexity index is 1150. The van der Waals surface area contributed by atoms with Crippen molar-refractivity contribution in [1.29, 1.82) is 0 Å². The van der Waals surface area contributed by atoms with E-state index >= 15 is 0 Å². The highest BCUT2D eigenvalue weighted by Crippen LogP contribution is 2.35. The van der Waals surface area contributed by atoms with Crippen molar-refractivity contribution >= 4 is 44.2 Å². The van der Waals surface area contributed by atoms with Gasteiger partial charge in [-0.25, -0.2) is 13.4 Å². The molecule has 1 amide bonds. The molecular formula is C22H25N3O3S2. The molecule has 0 aliphatic heterocycles. The Morgan fingerprint density at radius 2 is 1.83 bits per heavy atom. The molecule has 1 aromatic heterocycles. The summed E-state index contributed by atoms with van der Waals surface area (Å²) < 4.78 is 25.3. The maximum atomic E-state index is 12.7. The van der Waals surface area contributed by atoms with Gasteiger partial charge < -0.3 is 9.88 Å². The van der Waals surface area contributed by atoms with Gasteiger partial charge in [-0.1, -0.05) is 25.0 Å². The number of benzene rings is 2. The zero-order chi connectivity index (χ0) is 21.1. The van der Waals surface area contributed by atoms with Crippen molar-refractivity contribution in [3.05, 3.63) is 54.4 Å². The fraction of sp³-hybridized carbons (Fsp3) is 0.364. The minimum atomic E-state index is -3.27. The Kier molecular flexibility index (Phi) is 6.15. The Morgan fingerprint density at radius 3 is 2.53 bits per heavy atom. The lowest BCUT2D eigenvalue weighted by atomic mass is 10.3. The van der Waals surface area contributed by atoms with Gasteiger partial charge in [0.2, 0.25) is 5.91 Å². The van der Waals surface area contributed by atoms with Crippen LogP contribution in [-0.2, 0) is 26.9 Å². The molecule has 0 unspecified atom stereocenters. The first-order chi connectivity index (χ1) is 14.4. The van der Waals surface area contributed by atoms with Gasteiger partial charge >= 0.3 is 0 Å². The summed E-state index contributed by atoms with van der Waals surface area (Å²) >= 11 is 1.91. The van der Waals surface area contributed by atoms with E-state index in [1.807, 2.05) is 60.3 Å². The number of nitrogens with one attached hydrogen (secondary N) is 1. The van der Waals surface area contributed by atoms with Gasteiger partial charge in [0.05, 0.1) is 11.0 Å². The van der Waals surface area contributed by atoms with E-state index < -0.39 is 9.84 Å². The molecule has 3 aromatic rings. The van der Waals surface area contributed by atoms with E-state index in [9.17, 15) is 13.2 Å². The third kappa shape index (κ3) is 5.23. The number of hydrogen-bond acceptors (Lipinski definition) is 5. The number of aromatic nitrogens is 2. The van der Waals surface area contributed by atoms with Crippen molar-refractivity contribution in [1.82, 2.24) is 9.55 Å². The summed E-state index contributed by atoms with van der Waals surface area (Å²) in [5.41, 5.74) is 2.15. The van der Waals surface area contributed by atoms with E-state index in [0.717, 1.165) is 11.2 Å². The van der Waals surface area contributed by atoms with E-state index in [1.165, 1.54) is 36.8 Å². The first-order valence-electron chi connectivity index (χ1n) is 10.1. The predicted molar refractivity (Wildman–Crippen MR) is 121 cm³/mol. The molecule has 4 rings (SSSR count). The summed E-state index contributed by atoms with van der Waals surface area (Å²) in [5.74, 6) is -0.0524. The minimum Gasteiger partial charge on any atom is -0.325 e. The van der Waals surface area contributed by atoms with Crippen LogP contribution in [0.4, 0.5) is 5.69 Å². The molecule has 1 aliphatic rings. The van der Waals surface area contributed by atoms with Crippen LogP contribution in [-0.4, -0.2) is 35.4 Å². The molecule has 0 radical (unpaired) electrons. The van der Waals surface area contributed by atoms with Gasteiger partial charge in [-0.15, -0.1) is 11.8 Å². The first-order valence-corrected chi connectivity index (χ1v) is 13.0. The maximum absolute atomic E-state index is 12.7. The quantitative estimate of drug-likeness (QED) is 0.590. The average molecular weight is 444 g/mol. The molecule has 0 saturated heterocycles. The molecule has 8 heteroatoms. The van der Waals surface area contributed by atoms with Crippen molar-refractivity contribution in [2.75, 3.05) is 11.6 Å². The van der Waals surface area contributed by atoms with E-state index in [2.05, 4.69) is 10.3 Å². The molecule has 1 aliphatic carbocycles. The number of para-hydroxylation sites is 2. The smallest absolute Gasteiger partial charge is 0.244 e. The van der Waals surface area contributed by atoms with E-state index in [4.69, 9.17) is 0 Å². The van der Waals surface area contributed by atoms with Gasteiger partial charge in [0, 0.05) is 22.1 Å². The maximum Gasteiger partial charge on any atom is 0.244 e. The molecule has 1 N–H and O–H groups in total. The first kappa shape index (κ1) is 20.9. The lowest BCUT2D eigenvalue weighted by molar-refractivity contribution is -0.116. The molecule has 30 heavy (non-hydrogen) atoms. The van der Waals surface area contributed by atoms with Gasteiger partial charge in [0.15, 0.2) is 9.84 Å². The molecule has 1 heterocycles. The van der Waals surface area contributed by atoms with Crippen LogP contribution in [0.5, 0.6) is 0 Å². The predicted octanol–water partition coefficient (Wildman–Crippen LogP) is 4.25. The van der Waals surface area contributed by atoms with Crippen LogP contribution in [0.15, 0.2) is 53.4 Å². The van der Waals surface area contributed by atoms with E-state index in [0.29, 0.717) is 16.6 Å². The van der Waals surface area contributed by atoms with Crippen molar-refractivity contribution in [3.8, 4) is 0 Å². The summed E-state index contributed by atoms with van der Waals surface area (Å²) in [6.45, 7) is 0.00391. The van der Waals surface area contributed by atoms with Gasteiger partial charge in [0.25, 0.3) is 0 Å². The van der Waals surface area contributed by atoms with Gasteiger partial charge in [-0.3, -0.25) is 4.79 Å².